The van der Waals surface area contributed by atoms with Gasteiger partial charge in [-0.3, -0.25) is 4.98 Å². The minimum Gasteiger partial charge on any atom is -0.373 e. The van der Waals surface area contributed by atoms with Crippen molar-refractivity contribution in [3.8, 4) is 0 Å². The number of hydrogen-bond donors (Lipinski definition) is 1. The van der Waals surface area contributed by atoms with Crippen LogP contribution in [0, 0.1) is 11.8 Å². The second-order valence-corrected chi connectivity index (χ2v) is 6.39. The summed E-state index contributed by atoms with van der Waals surface area (Å²) >= 11 is 0. The van der Waals surface area contributed by atoms with Crippen LogP contribution in [0.15, 0.2) is 24.4 Å². The minimum absolute atomic E-state index is 0.0832. The lowest BCUT2D eigenvalue weighted by Crippen LogP contribution is -2.45. The summed E-state index contributed by atoms with van der Waals surface area (Å²) in [6.45, 7) is 6.00. The van der Waals surface area contributed by atoms with E-state index in [4.69, 9.17) is 10.5 Å². The highest BCUT2D eigenvalue weighted by Gasteiger charge is 2.35. The Kier molecular flexibility index (Phi) is 5.55. The van der Waals surface area contributed by atoms with Crippen LogP contribution >= 0.6 is 0 Å². The van der Waals surface area contributed by atoms with E-state index in [1.165, 1.54) is 12.8 Å². The van der Waals surface area contributed by atoms with Crippen molar-refractivity contribution in [1.82, 2.24) is 4.98 Å². The fourth-order valence-corrected chi connectivity index (χ4v) is 3.16. The molecule has 1 aromatic heterocycles. The van der Waals surface area contributed by atoms with E-state index < -0.39 is 0 Å². The van der Waals surface area contributed by atoms with E-state index in [0.29, 0.717) is 6.54 Å². The summed E-state index contributed by atoms with van der Waals surface area (Å²) in [7, 11) is 0. The molecule has 1 aliphatic rings. The summed E-state index contributed by atoms with van der Waals surface area (Å²) < 4.78 is 6.19. The van der Waals surface area contributed by atoms with Crippen molar-refractivity contribution in [1.29, 1.82) is 0 Å². The molecule has 2 rings (SSSR count). The summed E-state index contributed by atoms with van der Waals surface area (Å²) in [6, 6.07) is 6.02. The van der Waals surface area contributed by atoms with E-state index in [0.717, 1.165) is 43.4 Å². The van der Waals surface area contributed by atoms with Crippen molar-refractivity contribution in [2.45, 2.75) is 51.6 Å². The lowest BCUT2D eigenvalue weighted by Gasteiger charge is -2.40. The van der Waals surface area contributed by atoms with E-state index in [9.17, 15) is 0 Å². The van der Waals surface area contributed by atoms with E-state index in [1.54, 1.807) is 0 Å². The molecule has 0 atom stereocenters. The smallest absolute Gasteiger partial charge is 0.0804 e. The topological polar surface area (TPSA) is 48.1 Å². The maximum Gasteiger partial charge on any atom is 0.0804 e. The summed E-state index contributed by atoms with van der Waals surface area (Å²) in [5.74, 6) is 1.62. The minimum atomic E-state index is -0.0832. The lowest BCUT2D eigenvalue weighted by molar-refractivity contribution is -0.0734. The molecular weight excluding hydrogens is 248 g/mol. The van der Waals surface area contributed by atoms with Gasteiger partial charge in [-0.1, -0.05) is 19.9 Å². The van der Waals surface area contributed by atoms with Crippen LogP contribution in [0.25, 0.3) is 0 Å². The third kappa shape index (κ3) is 4.03. The van der Waals surface area contributed by atoms with E-state index in [1.807, 2.05) is 24.4 Å². The quantitative estimate of drug-likeness (QED) is 0.868. The van der Waals surface area contributed by atoms with Crippen LogP contribution in [0.1, 0.15) is 45.2 Å². The second kappa shape index (κ2) is 7.19. The molecule has 3 heteroatoms. The van der Waals surface area contributed by atoms with Gasteiger partial charge in [-0.2, -0.15) is 0 Å². The summed E-state index contributed by atoms with van der Waals surface area (Å²) in [5, 5.41) is 0. The molecule has 0 aliphatic heterocycles. The van der Waals surface area contributed by atoms with Crippen molar-refractivity contribution in [2.75, 3.05) is 13.2 Å². The molecule has 1 fully saturated rings. The number of ether oxygens (including phenoxy) is 1. The Morgan fingerprint density at radius 1 is 1.35 bits per heavy atom. The van der Waals surface area contributed by atoms with Gasteiger partial charge in [0, 0.05) is 24.9 Å². The monoisotopic (exact) mass is 276 g/mol. The zero-order valence-corrected chi connectivity index (χ0v) is 12.8. The molecular formula is C17H28N2O. The molecule has 112 valence electrons. The van der Waals surface area contributed by atoms with Gasteiger partial charge in [0.1, 0.15) is 0 Å². The fourth-order valence-electron chi connectivity index (χ4n) is 3.16. The number of pyridine rings is 1. The van der Waals surface area contributed by atoms with Crippen molar-refractivity contribution >= 4 is 0 Å². The maximum atomic E-state index is 6.19. The average Bonchev–Trinajstić information content (AvgIpc) is 2.49. The Balaban J connectivity index is 1.81. The molecule has 0 saturated heterocycles. The third-order valence-electron chi connectivity index (χ3n) is 4.75. The first-order chi connectivity index (χ1) is 9.65. The highest BCUT2D eigenvalue weighted by molar-refractivity contribution is 5.03. The molecule has 0 aromatic carbocycles. The van der Waals surface area contributed by atoms with Gasteiger partial charge in [0.05, 0.1) is 12.2 Å². The van der Waals surface area contributed by atoms with Gasteiger partial charge >= 0.3 is 0 Å². The van der Waals surface area contributed by atoms with Crippen molar-refractivity contribution < 1.29 is 4.74 Å². The van der Waals surface area contributed by atoms with Gasteiger partial charge in [0.25, 0.3) is 0 Å². The van der Waals surface area contributed by atoms with Crippen LogP contribution in [0.4, 0.5) is 0 Å². The Morgan fingerprint density at radius 3 is 2.65 bits per heavy atom. The maximum absolute atomic E-state index is 6.19. The zero-order valence-electron chi connectivity index (χ0n) is 12.8. The summed E-state index contributed by atoms with van der Waals surface area (Å²) in [6.07, 6.45) is 7.41. The molecule has 3 nitrogen and oxygen atoms in total. The zero-order chi connectivity index (χ0) is 14.4. The standard InChI is InChI=1S/C17H28N2O/c1-14(2)15-6-9-17(13-18,10-7-15)20-12-8-16-5-3-4-11-19-16/h3-5,11,14-15H,6-10,12-13,18H2,1-2H3. The van der Waals surface area contributed by atoms with Crippen molar-refractivity contribution in [3.63, 3.8) is 0 Å². The van der Waals surface area contributed by atoms with Gasteiger partial charge in [-0.15, -0.1) is 0 Å². The van der Waals surface area contributed by atoms with Gasteiger partial charge < -0.3 is 10.5 Å². The van der Waals surface area contributed by atoms with Crippen molar-refractivity contribution in [3.05, 3.63) is 30.1 Å². The summed E-state index contributed by atoms with van der Waals surface area (Å²) in [5.41, 5.74) is 7.01. The highest BCUT2D eigenvalue weighted by atomic mass is 16.5. The third-order valence-corrected chi connectivity index (χ3v) is 4.75. The van der Waals surface area contributed by atoms with Gasteiger partial charge in [-0.05, 0) is 49.7 Å². The molecule has 0 bridgehead atoms. The average molecular weight is 276 g/mol. The molecule has 1 aromatic rings. The molecule has 1 aliphatic carbocycles. The predicted molar refractivity (Wildman–Crippen MR) is 82.5 cm³/mol. The molecule has 0 unspecified atom stereocenters. The molecule has 2 N–H and O–H groups in total. The number of hydrogen-bond acceptors (Lipinski definition) is 3. The molecule has 1 heterocycles. The van der Waals surface area contributed by atoms with E-state index in [-0.39, 0.29) is 5.60 Å². The normalized spacial score (nSPS) is 26.9. The number of aromatic nitrogens is 1. The number of rotatable bonds is 6. The van der Waals surface area contributed by atoms with Crippen LogP contribution in [-0.4, -0.2) is 23.7 Å². The van der Waals surface area contributed by atoms with Crippen LogP contribution in [-0.2, 0) is 11.2 Å². The number of nitrogens with zero attached hydrogens (tertiary/aromatic N) is 1. The van der Waals surface area contributed by atoms with Crippen LogP contribution in [0.3, 0.4) is 0 Å². The van der Waals surface area contributed by atoms with Crippen molar-refractivity contribution in [2.24, 2.45) is 17.6 Å². The molecule has 20 heavy (non-hydrogen) atoms. The first-order valence-corrected chi connectivity index (χ1v) is 7.89. The first kappa shape index (κ1) is 15.5. The Morgan fingerprint density at radius 2 is 2.10 bits per heavy atom. The van der Waals surface area contributed by atoms with E-state index >= 15 is 0 Å². The molecule has 0 spiro atoms. The molecule has 0 radical (unpaired) electrons. The largest absolute Gasteiger partial charge is 0.373 e. The van der Waals surface area contributed by atoms with Crippen LogP contribution in [0.2, 0.25) is 0 Å². The number of nitrogens with two attached hydrogens (primary N) is 1. The van der Waals surface area contributed by atoms with Gasteiger partial charge in [0.2, 0.25) is 0 Å². The second-order valence-electron chi connectivity index (χ2n) is 6.39. The molecule has 1 saturated carbocycles. The Hall–Kier alpha value is -0.930. The van der Waals surface area contributed by atoms with Crippen LogP contribution < -0.4 is 5.73 Å². The Labute approximate surface area is 122 Å². The fraction of sp³-hybridized carbons (Fsp3) is 0.706. The Bertz CT molecular complexity index is 383. The van der Waals surface area contributed by atoms with E-state index in [2.05, 4.69) is 18.8 Å². The van der Waals surface area contributed by atoms with Gasteiger partial charge in [-0.25, -0.2) is 0 Å². The van der Waals surface area contributed by atoms with Gasteiger partial charge in [0.15, 0.2) is 0 Å². The highest BCUT2D eigenvalue weighted by Crippen LogP contribution is 2.37. The lowest BCUT2D eigenvalue weighted by atomic mass is 9.74. The predicted octanol–water partition coefficient (Wildman–Crippen LogP) is 3.18. The SMILES string of the molecule is CC(C)C1CCC(CN)(OCCc2ccccn2)CC1. The van der Waals surface area contributed by atoms with Crippen LogP contribution in [0.5, 0.6) is 0 Å². The first-order valence-electron chi connectivity index (χ1n) is 7.89. The molecule has 0 amide bonds. The summed E-state index contributed by atoms with van der Waals surface area (Å²) in [4.78, 5) is 4.33.